The number of rotatable bonds is 4. The molecule has 2 aliphatic rings. The summed E-state index contributed by atoms with van der Waals surface area (Å²) < 4.78 is 11.2. The minimum atomic E-state index is -0.523. The van der Waals surface area contributed by atoms with Gasteiger partial charge in [0.15, 0.2) is 0 Å². The highest BCUT2D eigenvalue weighted by molar-refractivity contribution is 5.89. The van der Waals surface area contributed by atoms with Crippen molar-refractivity contribution in [3.8, 4) is 5.75 Å². The molecule has 1 atom stereocenters. The minimum Gasteiger partial charge on any atom is -0.494 e. The fourth-order valence-corrected chi connectivity index (χ4v) is 4.57. The zero-order valence-corrected chi connectivity index (χ0v) is 19.7. The fraction of sp³-hybridized carbons (Fsp3) is 0.680. The zero-order valence-electron chi connectivity index (χ0n) is 19.7. The van der Waals surface area contributed by atoms with Gasteiger partial charge in [0, 0.05) is 26.3 Å². The SMILES string of the molecule is CCOc1ccc(CN2CCC3(CCCCOCCCNC(=O)[C@H](C)NC3=O)CC2)cc1. The first-order chi connectivity index (χ1) is 15.5. The number of ether oxygens (including phenoxy) is 2. The van der Waals surface area contributed by atoms with Gasteiger partial charge in [-0.3, -0.25) is 14.5 Å². The molecule has 3 rings (SSSR count). The molecular formula is C25H39N3O4. The van der Waals surface area contributed by atoms with Crippen LogP contribution in [0.1, 0.15) is 57.9 Å². The van der Waals surface area contributed by atoms with Crippen molar-refractivity contribution in [3.63, 3.8) is 0 Å². The van der Waals surface area contributed by atoms with Gasteiger partial charge in [-0.05, 0) is 76.7 Å². The molecule has 1 aromatic rings. The van der Waals surface area contributed by atoms with Crippen LogP contribution in [0.2, 0.25) is 0 Å². The smallest absolute Gasteiger partial charge is 0.242 e. The first kappa shape index (κ1) is 24.5. The molecule has 0 aromatic heterocycles. The van der Waals surface area contributed by atoms with E-state index in [2.05, 4.69) is 27.7 Å². The van der Waals surface area contributed by atoms with Crippen molar-refractivity contribution in [2.45, 2.75) is 65.0 Å². The molecule has 2 heterocycles. The molecule has 0 aliphatic carbocycles. The quantitative estimate of drug-likeness (QED) is 0.745. The third kappa shape index (κ3) is 6.94. The molecule has 0 saturated carbocycles. The van der Waals surface area contributed by atoms with E-state index in [1.807, 2.05) is 19.1 Å². The van der Waals surface area contributed by atoms with Crippen LogP contribution in [0.15, 0.2) is 24.3 Å². The van der Waals surface area contributed by atoms with Crippen LogP contribution in [-0.4, -0.2) is 62.2 Å². The molecule has 7 nitrogen and oxygen atoms in total. The molecule has 2 saturated heterocycles. The van der Waals surface area contributed by atoms with Crippen molar-refractivity contribution < 1.29 is 19.1 Å². The molecule has 2 fully saturated rings. The summed E-state index contributed by atoms with van der Waals surface area (Å²) >= 11 is 0. The maximum atomic E-state index is 13.3. The Balaban J connectivity index is 1.60. The highest BCUT2D eigenvalue weighted by atomic mass is 16.5. The van der Waals surface area contributed by atoms with Crippen molar-refractivity contribution in [2.75, 3.05) is 39.5 Å². The first-order valence-electron chi connectivity index (χ1n) is 12.1. The second-order valence-corrected chi connectivity index (χ2v) is 9.04. The lowest BCUT2D eigenvalue weighted by Gasteiger charge is -2.41. The second-order valence-electron chi connectivity index (χ2n) is 9.04. The molecule has 7 heteroatoms. The number of hydrogen-bond acceptors (Lipinski definition) is 5. The van der Waals surface area contributed by atoms with Gasteiger partial charge in [0.25, 0.3) is 0 Å². The van der Waals surface area contributed by atoms with Crippen LogP contribution in [0, 0.1) is 5.41 Å². The van der Waals surface area contributed by atoms with Gasteiger partial charge >= 0.3 is 0 Å². The van der Waals surface area contributed by atoms with E-state index in [-0.39, 0.29) is 11.8 Å². The number of likely N-dealkylation sites (tertiary alicyclic amines) is 1. The Bertz CT molecular complexity index is 729. The summed E-state index contributed by atoms with van der Waals surface area (Å²) in [4.78, 5) is 28.1. The van der Waals surface area contributed by atoms with Crippen LogP contribution in [0.3, 0.4) is 0 Å². The van der Waals surface area contributed by atoms with Crippen LogP contribution in [-0.2, 0) is 20.9 Å². The summed E-state index contributed by atoms with van der Waals surface area (Å²) in [6.07, 6.45) is 5.18. The molecule has 178 valence electrons. The normalized spacial score (nSPS) is 23.8. The fourth-order valence-electron chi connectivity index (χ4n) is 4.57. The van der Waals surface area contributed by atoms with Gasteiger partial charge in [-0.2, -0.15) is 0 Å². The van der Waals surface area contributed by atoms with Gasteiger partial charge in [0.2, 0.25) is 11.8 Å². The average molecular weight is 446 g/mol. The van der Waals surface area contributed by atoms with Crippen molar-refractivity contribution in [1.82, 2.24) is 15.5 Å². The van der Waals surface area contributed by atoms with Crippen molar-refractivity contribution in [3.05, 3.63) is 29.8 Å². The Morgan fingerprint density at radius 1 is 1.06 bits per heavy atom. The monoisotopic (exact) mass is 445 g/mol. The van der Waals surface area contributed by atoms with Crippen LogP contribution in [0.5, 0.6) is 5.75 Å². The number of benzene rings is 1. The van der Waals surface area contributed by atoms with E-state index >= 15 is 0 Å². The number of nitrogens with zero attached hydrogens (tertiary/aromatic N) is 1. The van der Waals surface area contributed by atoms with E-state index in [4.69, 9.17) is 9.47 Å². The van der Waals surface area contributed by atoms with Gasteiger partial charge in [-0.15, -0.1) is 0 Å². The van der Waals surface area contributed by atoms with Crippen molar-refractivity contribution in [1.29, 1.82) is 0 Å². The highest BCUT2D eigenvalue weighted by Crippen LogP contribution is 2.37. The zero-order chi connectivity index (χ0) is 22.8. The molecule has 2 amide bonds. The van der Waals surface area contributed by atoms with Gasteiger partial charge in [0.1, 0.15) is 11.8 Å². The third-order valence-electron chi connectivity index (χ3n) is 6.63. The van der Waals surface area contributed by atoms with Crippen LogP contribution >= 0.6 is 0 Å². The highest BCUT2D eigenvalue weighted by Gasteiger charge is 2.41. The number of piperidine rings is 1. The van der Waals surface area contributed by atoms with Crippen LogP contribution in [0.4, 0.5) is 0 Å². The van der Waals surface area contributed by atoms with Gasteiger partial charge in [-0.25, -0.2) is 0 Å². The molecule has 2 N–H and O–H groups in total. The van der Waals surface area contributed by atoms with E-state index in [1.54, 1.807) is 6.92 Å². The van der Waals surface area contributed by atoms with E-state index in [1.165, 1.54) is 5.56 Å². The van der Waals surface area contributed by atoms with Crippen LogP contribution < -0.4 is 15.4 Å². The maximum Gasteiger partial charge on any atom is 0.242 e. The first-order valence-corrected chi connectivity index (χ1v) is 12.1. The van der Waals surface area contributed by atoms with Gasteiger partial charge < -0.3 is 20.1 Å². The second kappa shape index (κ2) is 12.2. The van der Waals surface area contributed by atoms with E-state index in [0.29, 0.717) is 26.4 Å². The van der Waals surface area contributed by atoms with Crippen molar-refractivity contribution >= 4 is 11.8 Å². The Morgan fingerprint density at radius 2 is 1.78 bits per heavy atom. The average Bonchev–Trinajstić information content (AvgIpc) is 2.80. The maximum absolute atomic E-state index is 13.3. The molecular weight excluding hydrogens is 406 g/mol. The number of hydrogen-bond donors (Lipinski definition) is 2. The summed E-state index contributed by atoms with van der Waals surface area (Å²) in [5.41, 5.74) is 0.843. The number of carbonyl (C=O) groups is 2. The Hall–Kier alpha value is -2.12. The Kier molecular flexibility index (Phi) is 9.36. The molecule has 1 spiro atoms. The summed E-state index contributed by atoms with van der Waals surface area (Å²) in [7, 11) is 0. The Labute approximate surface area is 192 Å². The van der Waals surface area contributed by atoms with Gasteiger partial charge in [0.05, 0.1) is 12.0 Å². The summed E-state index contributed by atoms with van der Waals surface area (Å²) in [6.45, 7) is 8.99. The summed E-state index contributed by atoms with van der Waals surface area (Å²) in [5, 5.41) is 5.91. The molecule has 1 aromatic carbocycles. The molecule has 0 radical (unpaired) electrons. The number of nitrogens with one attached hydrogen (secondary N) is 2. The molecule has 2 aliphatic heterocycles. The van der Waals surface area contributed by atoms with E-state index in [9.17, 15) is 9.59 Å². The van der Waals surface area contributed by atoms with Crippen molar-refractivity contribution in [2.24, 2.45) is 5.41 Å². The molecule has 0 unspecified atom stereocenters. The Morgan fingerprint density at radius 3 is 2.50 bits per heavy atom. The van der Waals surface area contributed by atoms with E-state index in [0.717, 1.165) is 63.9 Å². The predicted octanol–water partition coefficient (Wildman–Crippen LogP) is 2.88. The van der Waals surface area contributed by atoms with E-state index < -0.39 is 11.5 Å². The lowest BCUT2D eigenvalue weighted by molar-refractivity contribution is -0.138. The summed E-state index contributed by atoms with van der Waals surface area (Å²) in [5.74, 6) is 0.796. The summed E-state index contributed by atoms with van der Waals surface area (Å²) in [6, 6.07) is 7.74. The van der Waals surface area contributed by atoms with Gasteiger partial charge in [-0.1, -0.05) is 18.6 Å². The minimum absolute atomic E-state index is 0.0267. The topological polar surface area (TPSA) is 79.9 Å². The number of amides is 2. The lowest BCUT2D eigenvalue weighted by atomic mass is 9.73. The predicted molar refractivity (Wildman–Crippen MR) is 124 cm³/mol. The molecule has 0 bridgehead atoms. The van der Waals surface area contributed by atoms with Crippen LogP contribution in [0.25, 0.3) is 0 Å². The number of carbonyl (C=O) groups excluding carboxylic acids is 2. The molecule has 32 heavy (non-hydrogen) atoms. The standard InChI is InChI=1S/C25H39N3O4/c1-3-32-22-9-7-21(8-10-22)19-28-15-12-25(13-16-28)11-4-5-17-31-18-6-14-26-23(29)20(2)27-24(25)30/h7-10,20H,3-6,11-19H2,1-2H3,(H,26,29)(H,27,30)/t20-/m0/s1. The third-order valence-corrected chi connectivity index (χ3v) is 6.63. The largest absolute Gasteiger partial charge is 0.494 e. The lowest BCUT2D eigenvalue weighted by Crippen LogP contribution is -2.53.